The Morgan fingerprint density at radius 1 is 1.10 bits per heavy atom. The fourth-order valence-electron chi connectivity index (χ4n) is 4.62. The van der Waals surface area contributed by atoms with Gasteiger partial charge in [-0.2, -0.15) is 0 Å². The molecule has 1 heterocycles. The van der Waals surface area contributed by atoms with Gasteiger partial charge in [0.2, 0.25) is 0 Å². The molecule has 0 saturated heterocycles. The first-order chi connectivity index (χ1) is 15.1. The van der Waals surface area contributed by atoms with E-state index in [4.69, 9.17) is 16.3 Å². The minimum Gasteiger partial charge on any atom is -0.489 e. The molecule has 0 fully saturated rings. The van der Waals surface area contributed by atoms with E-state index in [-0.39, 0.29) is 17.5 Å². The molecule has 3 aromatic rings. The maximum Gasteiger partial charge on any atom is 0.335 e. The lowest BCUT2D eigenvalue weighted by molar-refractivity contribution is 0.0696. The second-order valence-electron chi connectivity index (χ2n) is 8.05. The van der Waals surface area contributed by atoms with Crippen LogP contribution in [-0.2, 0) is 6.61 Å². The molecule has 0 bridgehead atoms. The number of hydrogen-bond acceptors (Lipinski definition) is 3. The van der Waals surface area contributed by atoms with E-state index < -0.39 is 5.97 Å². The van der Waals surface area contributed by atoms with Crippen molar-refractivity contribution in [2.24, 2.45) is 5.92 Å². The fourth-order valence-corrected chi connectivity index (χ4v) is 4.90. The highest BCUT2D eigenvalue weighted by molar-refractivity contribution is 6.33. The molecule has 5 heteroatoms. The molecule has 31 heavy (non-hydrogen) atoms. The van der Waals surface area contributed by atoms with Gasteiger partial charge in [0.25, 0.3) is 0 Å². The highest BCUT2D eigenvalue weighted by Crippen LogP contribution is 2.51. The highest BCUT2D eigenvalue weighted by atomic mass is 35.5. The van der Waals surface area contributed by atoms with Crippen LogP contribution in [0.25, 0.3) is 0 Å². The first-order valence-corrected chi connectivity index (χ1v) is 10.7. The number of carboxylic acid groups (broad SMARTS) is 1. The molecule has 0 radical (unpaired) electrons. The summed E-state index contributed by atoms with van der Waals surface area (Å²) in [4.78, 5) is 11.5. The number of benzene rings is 3. The zero-order chi connectivity index (χ0) is 21.4. The Labute approximate surface area is 186 Å². The van der Waals surface area contributed by atoms with E-state index in [1.54, 1.807) is 6.07 Å². The van der Waals surface area contributed by atoms with Gasteiger partial charge in [-0.05, 0) is 53.3 Å². The molecule has 0 amide bonds. The number of carboxylic acids is 1. The molecule has 1 aliphatic heterocycles. The van der Waals surface area contributed by atoms with Gasteiger partial charge in [-0.15, -0.1) is 0 Å². The molecule has 3 unspecified atom stereocenters. The summed E-state index contributed by atoms with van der Waals surface area (Å²) in [6.45, 7) is 0.533. The van der Waals surface area contributed by atoms with Gasteiger partial charge in [-0.3, -0.25) is 0 Å². The minimum absolute atomic E-state index is 0.0869. The number of hydrogen-bond donors (Lipinski definition) is 2. The standard InChI is InChI=1S/C26H22ClNO3/c27-23-14-18(26(29)30)13-22-20-7-4-8-21(20)24(28-25(22)23)17-9-11-19(12-10-17)31-15-16-5-2-1-3-6-16/h1-7,9-14,20-21,24,28H,8,15H2,(H,29,30). The third-order valence-corrected chi connectivity index (χ3v) is 6.45. The van der Waals surface area contributed by atoms with E-state index in [1.807, 2.05) is 42.5 Å². The zero-order valence-electron chi connectivity index (χ0n) is 16.8. The monoisotopic (exact) mass is 431 g/mol. The third kappa shape index (κ3) is 3.79. The molecule has 4 nitrogen and oxygen atoms in total. The Hall–Kier alpha value is -3.24. The Morgan fingerprint density at radius 2 is 1.87 bits per heavy atom. The van der Waals surface area contributed by atoms with Crippen molar-refractivity contribution in [2.45, 2.75) is 25.0 Å². The maximum atomic E-state index is 11.5. The molecule has 2 N–H and O–H groups in total. The number of aromatic carboxylic acids is 1. The summed E-state index contributed by atoms with van der Waals surface area (Å²) in [6, 6.07) is 21.6. The van der Waals surface area contributed by atoms with Crippen LogP contribution < -0.4 is 10.1 Å². The Morgan fingerprint density at radius 3 is 2.61 bits per heavy atom. The summed E-state index contributed by atoms with van der Waals surface area (Å²) in [7, 11) is 0. The highest BCUT2D eigenvalue weighted by Gasteiger charge is 2.39. The number of allylic oxidation sites excluding steroid dienone is 2. The lowest BCUT2D eigenvalue weighted by Crippen LogP contribution is -2.29. The first kappa shape index (κ1) is 19.7. The van der Waals surface area contributed by atoms with Crippen molar-refractivity contribution in [2.75, 3.05) is 5.32 Å². The van der Waals surface area contributed by atoms with E-state index in [2.05, 4.69) is 29.6 Å². The van der Waals surface area contributed by atoms with Crippen LogP contribution in [0.4, 0.5) is 5.69 Å². The molecule has 5 rings (SSSR count). The van der Waals surface area contributed by atoms with Crippen LogP contribution in [0.1, 0.15) is 45.4 Å². The number of halogens is 1. The molecule has 3 atom stereocenters. The van der Waals surface area contributed by atoms with Crippen molar-refractivity contribution in [3.8, 4) is 5.75 Å². The van der Waals surface area contributed by atoms with Gasteiger partial charge >= 0.3 is 5.97 Å². The molecule has 2 aliphatic rings. The lowest BCUT2D eigenvalue weighted by Gasteiger charge is -2.38. The lowest BCUT2D eigenvalue weighted by atomic mass is 9.76. The SMILES string of the molecule is O=C(O)c1cc(Cl)c2c(c1)C1C=CCC1C(c1ccc(OCc3ccccc3)cc1)N2. The summed E-state index contributed by atoms with van der Waals surface area (Å²) >= 11 is 6.49. The van der Waals surface area contributed by atoms with Gasteiger partial charge in [-0.1, -0.05) is 66.2 Å². The van der Waals surface area contributed by atoms with Crippen LogP contribution in [0, 0.1) is 5.92 Å². The van der Waals surface area contributed by atoms with Crippen LogP contribution in [0.3, 0.4) is 0 Å². The largest absolute Gasteiger partial charge is 0.489 e. The molecule has 0 saturated carbocycles. The molecule has 0 spiro atoms. The van der Waals surface area contributed by atoms with E-state index in [0.29, 0.717) is 17.5 Å². The predicted molar refractivity (Wildman–Crippen MR) is 122 cm³/mol. The smallest absolute Gasteiger partial charge is 0.335 e. The number of fused-ring (bicyclic) bond motifs is 3. The fraction of sp³-hybridized carbons (Fsp3) is 0.192. The van der Waals surface area contributed by atoms with Crippen molar-refractivity contribution in [3.63, 3.8) is 0 Å². The van der Waals surface area contributed by atoms with Gasteiger partial charge < -0.3 is 15.2 Å². The minimum atomic E-state index is -0.962. The maximum absolute atomic E-state index is 11.5. The van der Waals surface area contributed by atoms with Crippen molar-refractivity contribution in [1.29, 1.82) is 0 Å². The number of carbonyl (C=O) groups is 1. The summed E-state index contributed by atoms with van der Waals surface area (Å²) in [5.41, 5.74) is 4.31. The van der Waals surface area contributed by atoms with E-state index in [0.717, 1.165) is 34.5 Å². The summed E-state index contributed by atoms with van der Waals surface area (Å²) in [5.74, 6) is 0.321. The van der Waals surface area contributed by atoms with Crippen LogP contribution in [0.15, 0.2) is 78.9 Å². The Kier molecular flexibility index (Phi) is 5.16. The van der Waals surface area contributed by atoms with Gasteiger partial charge in [0, 0.05) is 5.92 Å². The average Bonchev–Trinajstić information content (AvgIpc) is 3.29. The van der Waals surface area contributed by atoms with Gasteiger partial charge in [0.15, 0.2) is 0 Å². The van der Waals surface area contributed by atoms with Crippen LogP contribution in [-0.4, -0.2) is 11.1 Å². The second-order valence-corrected chi connectivity index (χ2v) is 8.45. The van der Waals surface area contributed by atoms with Crippen molar-refractivity contribution in [1.82, 2.24) is 0 Å². The molecule has 0 aromatic heterocycles. The number of ether oxygens (including phenoxy) is 1. The van der Waals surface area contributed by atoms with Crippen LogP contribution >= 0.6 is 11.6 Å². The molecule has 3 aromatic carbocycles. The van der Waals surface area contributed by atoms with Crippen molar-refractivity contribution < 1.29 is 14.6 Å². The Bertz CT molecular complexity index is 1140. The molecular formula is C26H22ClNO3. The number of anilines is 1. The van der Waals surface area contributed by atoms with Crippen molar-refractivity contribution in [3.05, 3.63) is 106 Å². The third-order valence-electron chi connectivity index (χ3n) is 6.16. The Balaban J connectivity index is 1.39. The molecular weight excluding hydrogens is 410 g/mol. The zero-order valence-corrected chi connectivity index (χ0v) is 17.5. The van der Waals surface area contributed by atoms with E-state index in [1.165, 1.54) is 6.07 Å². The predicted octanol–water partition coefficient (Wildman–Crippen LogP) is 6.44. The number of nitrogens with one attached hydrogen (secondary N) is 1. The molecule has 156 valence electrons. The van der Waals surface area contributed by atoms with Gasteiger partial charge in [0.05, 0.1) is 22.3 Å². The summed E-state index contributed by atoms with van der Waals surface area (Å²) in [5, 5.41) is 13.5. The van der Waals surface area contributed by atoms with Crippen LogP contribution in [0.5, 0.6) is 5.75 Å². The number of rotatable bonds is 5. The topological polar surface area (TPSA) is 58.6 Å². The van der Waals surface area contributed by atoms with Crippen LogP contribution in [0.2, 0.25) is 5.02 Å². The van der Waals surface area contributed by atoms with Gasteiger partial charge in [-0.25, -0.2) is 4.79 Å². The average molecular weight is 432 g/mol. The second kappa shape index (κ2) is 8.12. The molecule has 1 aliphatic carbocycles. The summed E-state index contributed by atoms with van der Waals surface area (Å²) in [6.07, 6.45) is 5.29. The van der Waals surface area contributed by atoms with E-state index >= 15 is 0 Å². The van der Waals surface area contributed by atoms with Crippen molar-refractivity contribution >= 4 is 23.3 Å². The van der Waals surface area contributed by atoms with E-state index in [9.17, 15) is 9.90 Å². The summed E-state index contributed by atoms with van der Waals surface area (Å²) < 4.78 is 5.92. The quantitative estimate of drug-likeness (QED) is 0.456. The normalized spacial score (nSPS) is 21.1. The van der Waals surface area contributed by atoms with Gasteiger partial charge in [0.1, 0.15) is 12.4 Å². The first-order valence-electron chi connectivity index (χ1n) is 10.4.